The van der Waals surface area contributed by atoms with Crippen LogP contribution in [-0.4, -0.2) is 10.7 Å². The SMILES string of the molecule is N#CC1(C2(O)CCCCC2)CCc2ccccc2C1. The van der Waals surface area contributed by atoms with E-state index < -0.39 is 11.0 Å². The number of hydrogen-bond acceptors (Lipinski definition) is 2. The van der Waals surface area contributed by atoms with Gasteiger partial charge >= 0.3 is 0 Å². The van der Waals surface area contributed by atoms with Crippen LogP contribution in [0, 0.1) is 16.7 Å². The van der Waals surface area contributed by atoms with Crippen molar-refractivity contribution in [3.8, 4) is 6.07 Å². The quantitative estimate of drug-likeness (QED) is 0.836. The average molecular weight is 255 g/mol. The third-order valence-corrected chi connectivity index (χ3v) is 5.22. The number of fused-ring (bicyclic) bond motifs is 1. The first-order valence-corrected chi connectivity index (χ1v) is 7.40. The largest absolute Gasteiger partial charge is 0.388 e. The van der Waals surface area contributed by atoms with Crippen molar-refractivity contribution in [3.63, 3.8) is 0 Å². The molecular weight excluding hydrogens is 234 g/mol. The number of benzene rings is 1. The van der Waals surface area contributed by atoms with Crippen LogP contribution in [-0.2, 0) is 12.8 Å². The van der Waals surface area contributed by atoms with Crippen molar-refractivity contribution in [3.05, 3.63) is 35.4 Å². The molecule has 2 aliphatic rings. The maximum atomic E-state index is 11.0. The first-order chi connectivity index (χ1) is 9.19. The molecule has 1 fully saturated rings. The molecule has 0 amide bonds. The van der Waals surface area contributed by atoms with Gasteiger partial charge in [0.25, 0.3) is 0 Å². The maximum Gasteiger partial charge on any atom is 0.0903 e. The number of nitriles is 1. The summed E-state index contributed by atoms with van der Waals surface area (Å²) in [5, 5.41) is 20.8. The smallest absolute Gasteiger partial charge is 0.0903 e. The van der Waals surface area contributed by atoms with Crippen molar-refractivity contribution in [2.45, 2.75) is 57.0 Å². The zero-order valence-corrected chi connectivity index (χ0v) is 11.4. The van der Waals surface area contributed by atoms with Crippen molar-refractivity contribution < 1.29 is 5.11 Å². The zero-order valence-electron chi connectivity index (χ0n) is 11.4. The lowest BCUT2D eigenvalue weighted by molar-refractivity contribution is -0.0883. The number of nitrogens with zero attached hydrogens (tertiary/aromatic N) is 1. The van der Waals surface area contributed by atoms with Crippen molar-refractivity contribution >= 4 is 0 Å². The molecule has 19 heavy (non-hydrogen) atoms. The summed E-state index contributed by atoms with van der Waals surface area (Å²) in [6.07, 6.45) is 7.34. The Balaban J connectivity index is 1.96. The van der Waals surface area contributed by atoms with Gasteiger partial charge in [0.1, 0.15) is 0 Å². The molecule has 3 rings (SSSR count). The minimum absolute atomic E-state index is 0.568. The van der Waals surface area contributed by atoms with Crippen LogP contribution in [0.25, 0.3) is 0 Å². The average Bonchev–Trinajstić information content (AvgIpc) is 2.47. The molecule has 100 valence electrons. The highest BCUT2D eigenvalue weighted by atomic mass is 16.3. The lowest BCUT2D eigenvalue weighted by Crippen LogP contribution is -2.51. The van der Waals surface area contributed by atoms with Gasteiger partial charge in [-0.3, -0.25) is 0 Å². The van der Waals surface area contributed by atoms with Crippen molar-refractivity contribution in [1.29, 1.82) is 5.26 Å². The van der Waals surface area contributed by atoms with E-state index in [0.29, 0.717) is 0 Å². The first-order valence-electron chi connectivity index (χ1n) is 7.40. The van der Waals surface area contributed by atoms with Crippen LogP contribution in [0.15, 0.2) is 24.3 Å². The highest BCUT2D eigenvalue weighted by molar-refractivity contribution is 5.34. The van der Waals surface area contributed by atoms with E-state index in [0.717, 1.165) is 44.9 Å². The van der Waals surface area contributed by atoms with E-state index in [4.69, 9.17) is 0 Å². The van der Waals surface area contributed by atoms with Gasteiger partial charge in [0, 0.05) is 0 Å². The fourth-order valence-corrected chi connectivity index (χ4v) is 3.95. The fourth-order valence-electron chi connectivity index (χ4n) is 3.95. The Morgan fingerprint density at radius 2 is 1.68 bits per heavy atom. The lowest BCUT2D eigenvalue weighted by atomic mass is 9.58. The third-order valence-electron chi connectivity index (χ3n) is 5.22. The predicted molar refractivity (Wildman–Crippen MR) is 74.5 cm³/mol. The van der Waals surface area contributed by atoms with E-state index in [1.54, 1.807) is 0 Å². The van der Waals surface area contributed by atoms with Crippen molar-refractivity contribution in [2.24, 2.45) is 5.41 Å². The normalized spacial score (nSPS) is 29.3. The van der Waals surface area contributed by atoms with Crippen LogP contribution in [0.4, 0.5) is 0 Å². The third kappa shape index (κ3) is 1.97. The molecule has 0 saturated heterocycles. The number of aryl methyl sites for hydroxylation is 1. The monoisotopic (exact) mass is 255 g/mol. The second-order valence-electron chi connectivity index (χ2n) is 6.23. The topological polar surface area (TPSA) is 44.0 Å². The summed E-state index contributed by atoms with van der Waals surface area (Å²) in [5.41, 5.74) is 1.28. The van der Waals surface area contributed by atoms with Gasteiger partial charge in [-0.25, -0.2) is 0 Å². The molecule has 1 aromatic carbocycles. The van der Waals surface area contributed by atoms with Crippen molar-refractivity contribution in [2.75, 3.05) is 0 Å². The standard InChI is InChI=1S/C17H21NO/c18-13-16(17(19)9-4-1-5-10-17)11-8-14-6-2-3-7-15(14)12-16/h2-3,6-7,19H,1,4-5,8-12H2. The van der Waals surface area contributed by atoms with Gasteiger partial charge < -0.3 is 5.11 Å². The second kappa shape index (κ2) is 4.65. The maximum absolute atomic E-state index is 11.0. The van der Waals surface area contributed by atoms with E-state index in [2.05, 4.69) is 24.3 Å². The van der Waals surface area contributed by atoms with Gasteiger partial charge in [-0.15, -0.1) is 0 Å². The summed E-state index contributed by atoms with van der Waals surface area (Å²) in [4.78, 5) is 0. The molecule has 2 heteroatoms. The van der Waals surface area contributed by atoms with Crippen LogP contribution >= 0.6 is 0 Å². The number of aliphatic hydroxyl groups is 1. The Hall–Kier alpha value is -1.33. The minimum atomic E-state index is -0.770. The molecule has 0 aromatic heterocycles. The van der Waals surface area contributed by atoms with Crippen LogP contribution < -0.4 is 0 Å². The highest BCUT2D eigenvalue weighted by Crippen LogP contribution is 2.49. The Bertz CT molecular complexity index is 510. The molecule has 0 spiro atoms. The summed E-state index contributed by atoms with van der Waals surface area (Å²) in [6, 6.07) is 10.9. The molecule has 1 saturated carbocycles. The highest BCUT2D eigenvalue weighted by Gasteiger charge is 2.52. The summed E-state index contributed by atoms with van der Waals surface area (Å²) < 4.78 is 0. The van der Waals surface area contributed by atoms with E-state index >= 15 is 0 Å². The summed E-state index contributed by atoms with van der Waals surface area (Å²) in [5.74, 6) is 0. The fraction of sp³-hybridized carbons (Fsp3) is 0.588. The van der Waals surface area contributed by atoms with E-state index in [1.165, 1.54) is 17.5 Å². The molecule has 0 heterocycles. The van der Waals surface area contributed by atoms with Gasteiger partial charge in [0.15, 0.2) is 0 Å². The molecule has 0 aliphatic heterocycles. The van der Waals surface area contributed by atoms with Gasteiger partial charge in [-0.1, -0.05) is 43.5 Å². The molecule has 1 unspecified atom stereocenters. The number of rotatable bonds is 1. The Morgan fingerprint density at radius 1 is 1.00 bits per heavy atom. The van der Waals surface area contributed by atoms with Gasteiger partial charge in [0.05, 0.1) is 17.1 Å². The lowest BCUT2D eigenvalue weighted by Gasteiger charge is -2.47. The molecule has 0 radical (unpaired) electrons. The summed E-state index contributed by atoms with van der Waals surface area (Å²) in [6.45, 7) is 0. The number of hydrogen-bond donors (Lipinski definition) is 1. The molecule has 1 atom stereocenters. The molecule has 0 bridgehead atoms. The van der Waals surface area contributed by atoms with E-state index in [-0.39, 0.29) is 0 Å². The summed E-state index contributed by atoms with van der Waals surface area (Å²) >= 11 is 0. The predicted octanol–water partition coefficient (Wildman–Crippen LogP) is 3.38. The molecule has 2 aliphatic carbocycles. The molecule has 2 nitrogen and oxygen atoms in total. The van der Waals surface area contributed by atoms with Crippen LogP contribution in [0.3, 0.4) is 0 Å². The summed E-state index contributed by atoms with van der Waals surface area (Å²) in [7, 11) is 0. The first kappa shape index (κ1) is 12.7. The van der Waals surface area contributed by atoms with E-state index in [9.17, 15) is 10.4 Å². The minimum Gasteiger partial charge on any atom is -0.388 e. The van der Waals surface area contributed by atoms with E-state index in [1.807, 2.05) is 6.07 Å². The molecule has 1 aromatic rings. The Morgan fingerprint density at radius 3 is 2.37 bits per heavy atom. The Labute approximate surface area is 115 Å². The van der Waals surface area contributed by atoms with Gasteiger partial charge in [-0.05, 0) is 43.2 Å². The second-order valence-corrected chi connectivity index (χ2v) is 6.23. The molecule has 1 N–H and O–H groups in total. The molecular formula is C17H21NO. The van der Waals surface area contributed by atoms with Gasteiger partial charge in [-0.2, -0.15) is 5.26 Å². The van der Waals surface area contributed by atoms with Crippen LogP contribution in [0.1, 0.15) is 49.7 Å². The van der Waals surface area contributed by atoms with Crippen LogP contribution in [0.5, 0.6) is 0 Å². The van der Waals surface area contributed by atoms with Crippen molar-refractivity contribution in [1.82, 2.24) is 0 Å². The van der Waals surface area contributed by atoms with Crippen LogP contribution in [0.2, 0.25) is 0 Å². The zero-order chi connectivity index (χ0) is 13.3. The Kier molecular flexibility index (Phi) is 3.11. The van der Waals surface area contributed by atoms with Gasteiger partial charge in [0.2, 0.25) is 0 Å².